The van der Waals surface area contributed by atoms with Crippen molar-refractivity contribution >= 4 is 23.9 Å². The third-order valence-electron chi connectivity index (χ3n) is 3.07. The van der Waals surface area contributed by atoms with Crippen molar-refractivity contribution in [2.24, 2.45) is 0 Å². The highest BCUT2D eigenvalue weighted by Crippen LogP contribution is 2.19. The van der Waals surface area contributed by atoms with Gasteiger partial charge in [0.2, 0.25) is 0 Å². The minimum atomic E-state index is -1.73. The van der Waals surface area contributed by atoms with Gasteiger partial charge in [-0.25, -0.2) is 18.0 Å². The van der Waals surface area contributed by atoms with Crippen LogP contribution < -0.4 is 10.1 Å². The lowest BCUT2D eigenvalue weighted by Gasteiger charge is -2.09. The number of ether oxygens (including phenoxy) is 2. The number of anilines is 1. The zero-order chi connectivity index (χ0) is 19.1. The van der Waals surface area contributed by atoms with Crippen molar-refractivity contribution in [1.29, 1.82) is 0 Å². The van der Waals surface area contributed by atoms with E-state index in [-0.39, 0.29) is 11.3 Å². The number of carbonyl (C=O) groups excluding carboxylic acids is 3. The van der Waals surface area contributed by atoms with Crippen molar-refractivity contribution in [3.8, 4) is 5.75 Å². The molecule has 0 aromatic heterocycles. The Balaban J connectivity index is 1.83. The highest BCUT2D eigenvalue weighted by molar-refractivity contribution is 5.93. The van der Waals surface area contributed by atoms with Crippen molar-refractivity contribution in [1.82, 2.24) is 0 Å². The molecule has 0 aliphatic carbocycles. The summed E-state index contributed by atoms with van der Waals surface area (Å²) in [4.78, 5) is 33.9. The number of aldehydes is 1. The number of carbonyl (C=O) groups is 3. The molecule has 9 heteroatoms. The predicted octanol–water partition coefficient (Wildman–Crippen LogP) is 2.48. The van der Waals surface area contributed by atoms with Crippen LogP contribution in [0.2, 0.25) is 0 Å². The van der Waals surface area contributed by atoms with Gasteiger partial charge in [0, 0.05) is 0 Å². The molecule has 2 aromatic carbocycles. The quantitative estimate of drug-likeness (QED) is 0.462. The summed E-state index contributed by atoms with van der Waals surface area (Å²) in [5.41, 5.74) is -0.368. The van der Waals surface area contributed by atoms with E-state index in [1.807, 2.05) is 5.32 Å². The van der Waals surface area contributed by atoms with Gasteiger partial charge in [-0.05, 0) is 24.3 Å². The highest BCUT2D eigenvalue weighted by atomic mass is 19.2. The fraction of sp³-hybridized carbons (Fsp3) is 0.118. The largest absolute Gasteiger partial charge is 0.481 e. The molecule has 2 rings (SSSR count). The van der Waals surface area contributed by atoms with E-state index < -0.39 is 48.2 Å². The number of para-hydroxylation sites is 1. The van der Waals surface area contributed by atoms with Crippen LogP contribution in [0.5, 0.6) is 5.75 Å². The number of hydrogen-bond donors (Lipinski definition) is 1. The van der Waals surface area contributed by atoms with Gasteiger partial charge in [0.05, 0.1) is 11.3 Å². The topological polar surface area (TPSA) is 81.7 Å². The van der Waals surface area contributed by atoms with Gasteiger partial charge >= 0.3 is 5.97 Å². The van der Waals surface area contributed by atoms with Crippen LogP contribution in [0.4, 0.5) is 18.9 Å². The normalized spacial score (nSPS) is 10.1. The first-order valence-corrected chi connectivity index (χ1v) is 7.18. The molecule has 0 saturated heterocycles. The molecule has 0 bridgehead atoms. The van der Waals surface area contributed by atoms with Crippen LogP contribution in [0.15, 0.2) is 36.4 Å². The Kier molecular flexibility index (Phi) is 6.31. The lowest BCUT2D eigenvalue weighted by molar-refractivity contribution is -0.149. The van der Waals surface area contributed by atoms with Gasteiger partial charge < -0.3 is 14.8 Å². The first-order chi connectivity index (χ1) is 12.4. The Morgan fingerprint density at radius 3 is 2.46 bits per heavy atom. The zero-order valence-electron chi connectivity index (χ0n) is 13.1. The van der Waals surface area contributed by atoms with Gasteiger partial charge in [0.15, 0.2) is 37.0 Å². The Hall–Kier alpha value is -3.36. The van der Waals surface area contributed by atoms with Gasteiger partial charge in [-0.15, -0.1) is 0 Å². The molecule has 0 heterocycles. The van der Waals surface area contributed by atoms with Crippen molar-refractivity contribution in [3.63, 3.8) is 0 Å². The summed E-state index contributed by atoms with van der Waals surface area (Å²) < 4.78 is 49.0. The molecule has 2 aromatic rings. The van der Waals surface area contributed by atoms with Crippen molar-refractivity contribution in [2.45, 2.75) is 0 Å². The zero-order valence-corrected chi connectivity index (χ0v) is 13.1. The molecule has 0 fully saturated rings. The summed E-state index contributed by atoms with van der Waals surface area (Å²) in [5, 5.41) is 1.94. The number of amides is 1. The Labute approximate surface area is 145 Å². The maximum Gasteiger partial charge on any atom is 0.344 e. The standard InChI is InChI=1S/C17H12F3NO5/c18-11-5-6-12(17(20)16(11)19)21-14(23)8-26-15(24)9-25-13-4-2-1-3-10(13)7-22/h1-7H,8-9H2,(H,21,23). The summed E-state index contributed by atoms with van der Waals surface area (Å²) in [6.07, 6.45) is 0.546. The summed E-state index contributed by atoms with van der Waals surface area (Å²) in [6, 6.07) is 7.62. The van der Waals surface area contributed by atoms with Crippen LogP contribution >= 0.6 is 0 Å². The third kappa shape index (κ3) is 4.82. The average molecular weight is 367 g/mol. The number of benzene rings is 2. The monoisotopic (exact) mass is 367 g/mol. The van der Waals surface area contributed by atoms with Crippen LogP contribution in [0.25, 0.3) is 0 Å². The van der Waals surface area contributed by atoms with Crippen molar-refractivity contribution in [2.75, 3.05) is 18.5 Å². The molecule has 136 valence electrons. The molecule has 0 aliphatic rings. The molecule has 1 amide bonds. The number of halogens is 3. The molecule has 1 N–H and O–H groups in total. The van der Waals surface area contributed by atoms with Gasteiger partial charge in [-0.2, -0.15) is 0 Å². The van der Waals surface area contributed by atoms with E-state index in [9.17, 15) is 27.6 Å². The SMILES string of the molecule is O=Cc1ccccc1OCC(=O)OCC(=O)Nc1ccc(F)c(F)c1F. The van der Waals surface area contributed by atoms with Gasteiger partial charge in [-0.1, -0.05) is 12.1 Å². The number of nitrogens with one attached hydrogen (secondary N) is 1. The lowest BCUT2D eigenvalue weighted by atomic mass is 10.2. The van der Waals surface area contributed by atoms with E-state index in [0.29, 0.717) is 12.4 Å². The molecule has 0 aliphatic heterocycles. The van der Waals surface area contributed by atoms with Crippen LogP contribution in [-0.4, -0.2) is 31.4 Å². The number of hydrogen-bond acceptors (Lipinski definition) is 5. The fourth-order valence-corrected chi connectivity index (χ4v) is 1.84. The van der Waals surface area contributed by atoms with Gasteiger partial charge in [0.1, 0.15) is 5.75 Å². The maximum absolute atomic E-state index is 13.4. The van der Waals surface area contributed by atoms with Crippen LogP contribution in [-0.2, 0) is 14.3 Å². The van der Waals surface area contributed by atoms with Crippen LogP contribution in [0.1, 0.15) is 10.4 Å². The van der Waals surface area contributed by atoms with E-state index in [1.54, 1.807) is 12.1 Å². The second-order valence-electron chi connectivity index (χ2n) is 4.88. The molecule has 0 radical (unpaired) electrons. The molecule has 26 heavy (non-hydrogen) atoms. The van der Waals surface area contributed by atoms with E-state index in [0.717, 1.165) is 6.07 Å². The Bertz CT molecular complexity index is 841. The third-order valence-corrected chi connectivity index (χ3v) is 3.07. The number of esters is 1. The molecule has 0 spiro atoms. The molecular weight excluding hydrogens is 355 g/mol. The van der Waals surface area contributed by atoms with Gasteiger partial charge in [0.25, 0.3) is 5.91 Å². The first-order valence-electron chi connectivity index (χ1n) is 7.18. The Morgan fingerprint density at radius 2 is 1.73 bits per heavy atom. The Morgan fingerprint density at radius 1 is 1.00 bits per heavy atom. The lowest BCUT2D eigenvalue weighted by Crippen LogP contribution is -2.24. The number of rotatable bonds is 7. The second kappa shape index (κ2) is 8.65. The first kappa shape index (κ1) is 19.0. The maximum atomic E-state index is 13.4. The summed E-state index contributed by atoms with van der Waals surface area (Å²) in [6.45, 7) is -1.37. The van der Waals surface area contributed by atoms with Crippen molar-refractivity contribution in [3.05, 3.63) is 59.4 Å². The van der Waals surface area contributed by atoms with E-state index in [2.05, 4.69) is 4.74 Å². The fourth-order valence-electron chi connectivity index (χ4n) is 1.84. The summed E-state index contributed by atoms with van der Waals surface area (Å²) in [5.74, 6) is -6.43. The van der Waals surface area contributed by atoms with Crippen LogP contribution in [0.3, 0.4) is 0 Å². The minimum absolute atomic E-state index is 0.160. The minimum Gasteiger partial charge on any atom is -0.481 e. The van der Waals surface area contributed by atoms with E-state index in [4.69, 9.17) is 4.74 Å². The van der Waals surface area contributed by atoms with Crippen molar-refractivity contribution < 1.29 is 37.0 Å². The molecule has 0 saturated carbocycles. The van der Waals surface area contributed by atoms with Gasteiger partial charge in [-0.3, -0.25) is 9.59 Å². The average Bonchev–Trinajstić information content (AvgIpc) is 2.65. The molecule has 0 unspecified atom stereocenters. The van der Waals surface area contributed by atoms with Crippen LogP contribution in [0, 0.1) is 17.5 Å². The predicted molar refractivity (Wildman–Crippen MR) is 83.2 cm³/mol. The summed E-state index contributed by atoms with van der Waals surface area (Å²) >= 11 is 0. The van der Waals surface area contributed by atoms with E-state index in [1.165, 1.54) is 12.1 Å². The highest BCUT2D eigenvalue weighted by Gasteiger charge is 2.16. The summed E-state index contributed by atoms with van der Waals surface area (Å²) in [7, 11) is 0. The second-order valence-corrected chi connectivity index (χ2v) is 4.88. The molecule has 6 nitrogen and oxygen atoms in total. The molecular formula is C17H12F3NO5. The smallest absolute Gasteiger partial charge is 0.344 e. The van der Waals surface area contributed by atoms with E-state index >= 15 is 0 Å². The molecule has 0 atom stereocenters.